The lowest BCUT2D eigenvalue weighted by atomic mass is 10.2. The van der Waals surface area contributed by atoms with Gasteiger partial charge in [0.1, 0.15) is 5.76 Å². The van der Waals surface area contributed by atoms with Crippen molar-refractivity contribution in [2.75, 3.05) is 0 Å². The van der Waals surface area contributed by atoms with Crippen LogP contribution in [0.15, 0.2) is 46.0 Å². The second-order valence-electron chi connectivity index (χ2n) is 5.49. The van der Waals surface area contributed by atoms with E-state index in [9.17, 15) is 9.59 Å². The van der Waals surface area contributed by atoms with E-state index in [1.54, 1.807) is 36.7 Å². The first-order chi connectivity index (χ1) is 13.0. The summed E-state index contributed by atoms with van der Waals surface area (Å²) in [6, 6.07) is 6.85. The first-order valence-electron chi connectivity index (χ1n) is 7.59. The van der Waals surface area contributed by atoms with Crippen LogP contribution in [0.5, 0.6) is 0 Å². The van der Waals surface area contributed by atoms with E-state index >= 15 is 0 Å². The number of carbonyl (C=O) groups is 2. The molecule has 1 saturated heterocycles. The first-order valence-corrected chi connectivity index (χ1v) is 9.16. The number of thioether (sulfide) groups is 1. The average Bonchev–Trinajstić information content (AvgIpc) is 3.18. The predicted molar refractivity (Wildman–Crippen MR) is 106 cm³/mol. The minimum absolute atomic E-state index is 0.274. The fourth-order valence-electron chi connectivity index (χ4n) is 2.41. The number of furan rings is 1. The van der Waals surface area contributed by atoms with E-state index in [2.05, 4.69) is 22.1 Å². The molecule has 0 spiro atoms. The molecule has 3 aromatic rings. The van der Waals surface area contributed by atoms with Gasteiger partial charge in [-0.3, -0.25) is 19.9 Å². The van der Waals surface area contributed by atoms with Crippen LogP contribution in [0.25, 0.3) is 17.0 Å². The summed E-state index contributed by atoms with van der Waals surface area (Å²) in [6.45, 7) is 0. The minimum Gasteiger partial charge on any atom is -0.455 e. The van der Waals surface area contributed by atoms with Gasteiger partial charge in [-0.15, -0.1) is 0 Å². The Labute approximate surface area is 167 Å². The summed E-state index contributed by atoms with van der Waals surface area (Å²) in [4.78, 5) is 27.4. The van der Waals surface area contributed by atoms with Crippen LogP contribution in [-0.2, 0) is 4.79 Å². The molecule has 132 valence electrons. The summed E-state index contributed by atoms with van der Waals surface area (Å²) in [5, 5.41) is 3.41. The molecular formula is C19H8Cl2N2O3S. The van der Waals surface area contributed by atoms with Crippen molar-refractivity contribution < 1.29 is 14.0 Å². The number of aromatic nitrogens is 1. The molecule has 0 saturated carbocycles. The third-order valence-corrected chi connectivity index (χ3v) is 5.17. The molecule has 8 heteroatoms. The van der Waals surface area contributed by atoms with Gasteiger partial charge in [-0.1, -0.05) is 35.0 Å². The maximum Gasteiger partial charge on any atom is 0.290 e. The molecule has 4 rings (SSSR count). The molecule has 0 unspecified atom stereocenters. The summed E-state index contributed by atoms with van der Waals surface area (Å²) in [7, 11) is 0. The van der Waals surface area contributed by atoms with Crippen molar-refractivity contribution in [1.82, 2.24) is 10.3 Å². The molecule has 0 aliphatic carbocycles. The Morgan fingerprint density at radius 1 is 1.11 bits per heavy atom. The molecule has 1 aliphatic heterocycles. The molecule has 0 bridgehead atoms. The van der Waals surface area contributed by atoms with Gasteiger partial charge in [-0.2, -0.15) is 0 Å². The van der Waals surface area contributed by atoms with Crippen molar-refractivity contribution in [2.24, 2.45) is 0 Å². The van der Waals surface area contributed by atoms with Gasteiger partial charge in [-0.05, 0) is 36.0 Å². The molecule has 1 N–H and O–H groups in total. The summed E-state index contributed by atoms with van der Waals surface area (Å²) < 4.78 is 5.81. The Morgan fingerprint density at radius 2 is 1.96 bits per heavy atom. The van der Waals surface area contributed by atoms with Crippen molar-refractivity contribution >= 4 is 63.2 Å². The lowest BCUT2D eigenvalue weighted by Gasteiger charge is -1.95. The topological polar surface area (TPSA) is 72.2 Å². The van der Waals surface area contributed by atoms with Crippen molar-refractivity contribution in [3.63, 3.8) is 0 Å². The highest BCUT2D eigenvalue weighted by Crippen LogP contribution is 2.29. The van der Waals surface area contributed by atoms with E-state index in [1.807, 2.05) is 0 Å². The highest BCUT2D eigenvalue weighted by Gasteiger charge is 2.25. The van der Waals surface area contributed by atoms with E-state index in [1.165, 1.54) is 6.08 Å². The normalized spacial score (nSPS) is 15.1. The smallest absolute Gasteiger partial charge is 0.290 e. The average molecular weight is 415 g/mol. The third kappa shape index (κ3) is 3.71. The third-order valence-electron chi connectivity index (χ3n) is 3.62. The van der Waals surface area contributed by atoms with Crippen molar-refractivity contribution in [1.29, 1.82) is 0 Å². The number of fused-ring (bicyclic) bond motifs is 1. The van der Waals surface area contributed by atoms with Crippen molar-refractivity contribution in [3.05, 3.63) is 68.5 Å². The molecule has 1 aromatic carbocycles. The van der Waals surface area contributed by atoms with E-state index in [0.29, 0.717) is 32.5 Å². The van der Waals surface area contributed by atoms with Crippen LogP contribution >= 0.6 is 35.0 Å². The van der Waals surface area contributed by atoms with Gasteiger partial charge >= 0.3 is 0 Å². The molecule has 5 nitrogen and oxygen atoms in total. The Hall–Kier alpha value is -2.72. The number of amides is 2. The summed E-state index contributed by atoms with van der Waals surface area (Å²) in [6.07, 6.45) is 4.74. The fourth-order valence-corrected chi connectivity index (χ4v) is 3.37. The standard InChI is InChI=1S/C19H8Cl2N2O3S/c20-14-4-2-10(5-15(14)21)1-3-11-8-22-9-12-6-13(26-17(11)12)7-16-18(24)23-19(25)27-16/h2,4-9H,(H,23,24,25)/b16-7+. The van der Waals surface area contributed by atoms with E-state index in [0.717, 1.165) is 17.1 Å². The largest absolute Gasteiger partial charge is 0.455 e. The fraction of sp³-hybridized carbons (Fsp3) is 0. The zero-order valence-electron chi connectivity index (χ0n) is 13.4. The number of hydrogen-bond acceptors (Lipinski definition) is 5. The number of nitrogens with one attached hydrogen (secondary N) is 1. The molecule has 2 amide bonds. The van der Waals surface area contributed by atoms with E-state index < -0.39 is 11.1 Å². The van der Waals surface area contributed by atoms with Crippen LogP contribution < -0.4 is 5.32 Å². The van der Waals surface area contributed by atoms with Gasteiger partial charge in [0, 0.05) is 29.4 Å². The number of halogens is 2. The maximum atomic E-state index is 11.7. The monoisotopic (exact) mass is 414 g/mol. The zero-order chi connectivity index (χ0) is 19.0. The Morgan fingerprint density at radius 3 is 2.70 bits per heavy atom. The van der Waals surface area contributed by atoms with Crippen LogP contribution in [0.1, 0.15) is 16.9 Å². The van der Waals surface area contributed by atoms with Gasteiger partial charge < -0.3 is 4.42 Å². The highest BCUT2D eigenvalue weighted by molar-refractivity contribution is 8.18. The lowest BCUT2D eigenvalue weighted by Crippen LogP contribution is -2.17. The Kier molecular flexibility index (Phi) is 4.66. The second-order valence-corrected chi connectivity index (χ2v) is 7.31. The molecule has 1 fully saturated rings. The van der Waals surface area contributed by atoms with Crippen LogP contribution in [0.4, 0.5) is 4.79 Å². The van der Waals surface area contributed by atoms with Crippen LogP contribution in [-0.4, -0.2) is 16.1 Å². The van der Waals surface area contributed by atoms with Gasteiger partial charge in [0.25, 0.3) is 11.1 Å². The number of hydrogen-bond donors (Lipinski definition) is 1. The van der Waals surface area contributed by atoms with E-state index in [-0.39, 0.29) is 4.91 Å². The molecule has 0 radical (unpaired) electrons. The second kappa shape index (κ2) is 7.12. The molecule has 1 aliphatic rings. The highest BCUT2D eigenvalue weighted by atomic mass is 35.5. The van der Waals surface area contributed by atoms with Crippen LogP contribution in [0.2, 0.25) is 10.0 Å². The van der Waals surface area contributed by atoms with Gasteiger partial charge in [0.2, 0.25) is 0 Å². The molecule has 27 heavy (non-hydrogen) atoms. The summed E-state index contributed by atoms with van der Waals surface area (Å²) in [5.41, 5.74) is 1.83. The number of imide groups is 1. The maximum absolute atomic E-state index is 11.7. The summed E-state index contributed by atoms with van der Waals surface area (Å²) in [5.74, 6) is 5.99. The predicted octanol–water partition coefficient (Wildman–Crippen LogP) is 4.86. The molecular weight excluding hydrogens is 407 g/mol. The minimum atomic E-state index is -0.441. The van der Waals surface area contributed by atoms with Crippen molar-refractivity contribution in [2.45, 2.75) is 0 Å². The number of benzene rings is 1. The lowest BCUT2D eigenvalue weighted by molar-refractivity contribution is -0.115. The van der Waals surface area contributed by atoms with Gasteiger partial charge in [0.05, 0.1) is 20.5 Å². The van der Waals surface area contributed by atoms with Crippen LogP contribution in [0, 0.1) is 11.8 Å². The number of nitrogens with zero attached hydrogens (tertiary/aromatic N) is 1. The Bertz CT molecular complexity index is 1200. The van der Waals surface area contributed by atoms with Crippen LogP contribution in [0.3, 0.4) is 0 Å². The van der Waals surface area contributed by atoms with Gasteiger partial charge in [-0.25, -0.2) is 0 Å². The van der Waals surface area contributed by atoms with Gasteiger partial charge in [0.15, 0.2) is 5.58 Å². The molecule has 0 atom stereocenters. The van der Waals surface area contributed by atoms with Crippen molar-refractivity contribution in [3.8, 4) is 11.8 Å². The number of rotatable bonds is 1. The summed E-state index contributed by atoms with van der Waals surface area (Å²) >= 11 is 12.7. The van der Waals surface area contributed by atoms with E-state index in [4.69, 9.17) is 27.6 Å². The number of pyridine rings is 1. The Balaban J connectivity index is 1.71. The molecule has 3 heterocycles. The quantitative estimate of drug-likeness (QED) is 0.454. The first kappa shape index (κ1) is 17.7. The SMILES string of the molecule is O=C1NC(=O)/C(=C\c2cc3cncc(C#Cc4ccc(Cl)c(Cl)c4)c3o2)S1. The zero-order valence-corrected chi connectivity index (χ0v) is 15.7. The number of carbonyl (C=O) groups excluding carboxylic acids is 2. The molecule has 2 aromatic heterocycles.